The van der Waals surface area contributed by atoms with Crippen molar-refractivity contribution in [1.29, 1.82) is 0 Å². The van der Waals surface area contributed by atoms with Crippen molar-refractivity contribution >= 4 is 27.3 Å². The molecule has 1 amide bonds. The van der Waals surface area contributed by atoms with Crippen LogP contribution in [0.2, 0.25) is 0 Å². The zero-order valence-corrected chi connectivity index (χ0v) is 26.6. The smallest absolute Gasteiger partial charge is 0.252 e. The second-order valence-electron chi connectivity index (χ2n) is 11.1. The number of hydrogen-bond acceptors (Lipinski definition) is 8. The molecule has 0 fully saturated rings. The maximum absolute atomic E-state index is 14.5. The lowest BCUT2D eigenvalue weighted by Crippen LogP contribution is -2.49. The first-order valence-electron chi connectivity index (χ1n) is 15.1. The van der Waals surface area contributed by atoms with Gasteiger partial charge >= 0.3 is 0 Å². The molecule has 0 radical (unpaired) electrons. The summed E-state index contributed by atoms with van der Waals surface area (Å²) in [6, 6.07) is 29.3. The molecule has 12 heteroatoms. The Morgan fingerprint density at radius 3 is 2.51 bits per heavy atom. The van der Waals surface area contributed by atoms with Gasteiger partial charge in [0.15, 0.2) is 21.5 Å². The number of amides is 1. The Kier molecular flexibility index (Phi) is 10.6. The minimum atomic E-state index is -3.84. The molecule has 0 bridgehead atoms. The number of nitrogens with one attached hydrogen (secondary N) is 1. The molecule has 0 spiro atoms. The molecule has 2 N–H and O–H groups in total. The molecular formula is C35H35N5O6S. The van der Waals surface area contributed by atoms with Gasteiger partial charge in [-0.05, 0) is 54.4 Å². The third-order valence-electron chi connectivity index (χ3n) is 7.79. The van der Waals surface area contributed by atoms with Crippen LogP contribution in [0.15, 0.2) is 118 Å². The van der Waals surface area contributed by atoms with Crippen molar-refractivity contribution in [2.24, 2.45) is 10.1 Å². The van der Waals surface area contributed by atoms with Gasteiger partial charge in [-0.25, -0.2) is 13.4 Å². The molecule has 1 heterocycles. The number of hydrogen-bond donors (Lipinski definition) is 2. The summed E-state index contributed by atoms with van der Waals surface area (Å²) in [7, 11) is -3.84. The molecule has 4 aromatic rings. The second-order valence-corrected chi connectivity index (χ2v) is 13.2. The summed E-state index contributed by atoms with van der Waals surface area (Å²) in [6.07, 6.45) is -0.885. The van der Waals surface area contributed by atoms with E-state index in [4.69, 9.17) is 19.6 Å². The fourth-order valence-electron chi connectivity index (χ4n) is 5.39. The summed E-state index contributed by atoms with van der Waals surface area (Å²) in [5.74, 6) is -0.257. The van der Waals surface area contributed by atoms with Crippen molar-refractivity contribution in [3.05, 3.63) is 136 Å². The fourth-order valence-corrected chi connectivity index (χ4v) is 6.78. The summed E-state index contributed by atoms with van der Waals surface area (Å²) in [5, 5.41) is 15.9. The molecule has 1 aliphatic heterocycles. The number of rotatable bonds is 14. The number of nitrogens with zero attached hydrogens (tertiary/aromatic N) is 4. The highest BCUT2D eigenvalue weighted by molar-refractivity contribution is 7.91. The monoisotopic (exact) mass is 653 g/mol. The van der Waals surface area contributed by atoms with Crippen LogP contribution in [-0.4, -0.2) is 49.8 Å². The van der Waals surface area contributed by atoms with Gasteiger partial charge in [-0.2, -0.15) is 0 Å². The third-order valence-corrected chi connectivity index (χ3v) is 9.52. The van der Waals surface area contributed by atoms with Gasteiger partial charge in [0.05, 0.1) is 17.3 Å². The van der Waals surface area contributed by atoms with Crippen LogP contribution in [0.5, 0.6) is 5.75 Å². The van der Waals surface area contributed by atoms with Gasteiger partial charge in [0.2, 0.25) is 5.90 Å². The zero-order chi connectivity index (χ0) is 33.3. The summed E-state index contributed by atoms with van der Waals surface area (Å²) >= 11 is 0. The van der Waals surface area contributed by atoms with Gasteiger partial charge < -0.3 is 19.9 Å². The normalized spacial score (nSPS) is 17.2. The lowest BCUT2D eigenvalue weighted by molar-refractivity contribution is -0.129. The number of aliphatic hydroxyl groups is 1. The van der Waals surface area contributed by atoms with E-state index in [1.165, 1.54) is 12.1 Å². The number of aliphatic hydroxyl groups excluding tert-OH is 1. The van der Waals surface area contributed by atoms with Crippen LogP contribution in [0.1, 0.15) is 41.2 Å². The summed E-state index contributed by atoms with van der Waals surface area (Å²) < 4.78 is 39.3. The fraction of sp³-hybridized carbons (Fsp3) is 0.257. The van der Waals surface area contributed by atoms with Gasteiger partial charge in [0.25, 0.3) is 5.91 Å². The number of aryl methyl sites for hydroxylation is 1. The Morgan fingerprint density at radius 2 is 1.79 bits per heavy atom. The summed E-state index contributed by atoms with van der Waals surface area (Å²) in [6.45, 7) is 2.47. The van der Waals surface area contributed by atoms with Crippen LogP contribution in [0, 0.1) is 6.92 Å². The Balaban J connectivity index is 1.59. The van der Waals surface area contributed by atoms with Gasteiger partial charge in [0, 0.05) is 47.7 Å². The summed E-state index contributed by atoms with van der Waals surface area (Å²) in [4.78, 5) is 22.5. The third kappa shape index (κ3) is 7.81. The maximum Gasteiger partial charge on any atom is 0.252 e. The lowest BCUT2D eigenvalue weighted by Gasteiger charge is -2.31. The molecule has 0 aliphatic carbocycles. The highest BCUT2D eigenvalue weighted by Crippen LogP contribution is 2.46. The summed E-state index contributed by atoms with van der Waals surface area (Å²) in [5.41, 5.74) is 10.6. The first-order chi connectivity index (χ1) is 22.8. The predicted molar refractivity (Wildman–Crippen MR) is 178 cm³/mol. The molecule has 4 aromatic carbocycles. The number of aliphatic imine (C=N–C) groups is 1. The van der Waals surface area contributed by atoms with Gasteiger partial charge in [-0.1, -0.05) is 77.4 Å². The predicted octanol–water partition coefficient (Wildman–Crippen LogP) is 6.14. The molecule has 0 saturated carbocycles. The van der Waals surface area contributed by atoms with Crippen LogP contribution in [0.25, 0.3) is 10.4 Å². The van der Waals surface area contributed by atoms with Crippen molar-refractivity contribution in [2.75, 3.05) is 19.0 Å². The average Bonchev–Trinajstić information content (AvgIpc) is 3.48. The van der Waals surface area contributed by atoms with E-state index < -0.39 is 33.1 Å². The van der Waals surface area contributed by atoms with E-state index in [0.29, 0.717) is 29.9 Å². The molecule has 0 saturated heterocycles. The SMILES string of the molecule is Cc1cccc(CNC(=O)[C@]2(CCS(=O)(=O)c3ccccc3)N=C(c3ccc(OCCCO)cc3)O[C@@H]2c2ccccc2N=[N+]=[N-])c1. The quantitative estimate of drug-likeness (QED) is 0.0719. The van der Waals surface area contributed by atoms with Crippen LogP contribution >= 0.6 is 0 Å². The van der Waals surface area contributed by atoms with Crippen molar-refractivity contribution in [3.63, 3.8) is 0 Å². The van der Waals surface area contributed by atoms with E-state index in [1.807, 2.05) is 31.2 Å². The molecule has 0 unspecified atom stereocenters. The zero-order valence-electron chi connectivity index (χ0n) is 25.8. The number of carbonyl (C=O) groups is 1. The van der Waals surface area contributed by atoms with Crippen molar-refractivity contribution in [3.8, 4) is 5.75 Å². The minimum absolute atomic E-state index is 0.00938. The molecule has 1 aliphatic rings. The maximum atomic E-state index is 14.5. The molecular weight excluding hydrogens is 618 g/mol. The second kappa shape index (κ2) is 15.0. The van der Waals surface area contributed by atoms with E-state index in [2.05, 4.69) is 15.3 Å². The van der Waals surface area contributed by atoms with Crippen LogP contribution in [0.3, 0.4) is 0 Å². The van der Waals surface area contributed by atoms with E-state index in [-0.39, 0.29) is 36.1 Å². The average molecular weight is 654 g/mol. The number of sulfone groups is 1. The van der Waals surface area contributed by atoms with Crippen molar-refractivity contribution in [1.82, 2.24) is 5.32 Å². The Hall–Kier alpha value is -5.16. The van der Waals surface area contributed by atoms with Crippen LogP contribution < -0.4 is 10.1 Å². The van der Waals surface area contributed by atoms with Gasteiger partial charge in [-0.15, -0.1) is 0 Å². The number of azide groups is 1. The highest BCUT2D eigenvalue weighted by atomic mass is 32.2. The first-order valence-corrected chi connectivity index (χ1v) is 16.8. The van der Waals surface area contributed by atoms with Gasteiger partial charge in [-0.3, -0.25) is 4.79 Å². The van der Waals surface area contributed by atoms with Gasteiger partial charge in [0.1, 0.15) is 5.75 Å². The van der Waals surface area contributed by atoms with E-state index in [9.17, 15) is 18.7 Å². The minimum Gasteiger partial charge on any atom is -0.494 e. The van der Waals surface area contributed by atoms with E-state index in [0.717, 1.165) is 11.1 Å². The Labute approximate surface area is 273 Å². The number of carbonyl (C=O) groups excluding carboxylic acids is 1. The van der Waals surface area contributed by atoms with Crippen LogP contribution in [-0.2, 0) is 25.9 Å². The van der Waals surface area contributed by atoms with Crippen molar-refractivity contribution < 1.29 is 27.8 Å². The van der Waals surface area contributed by atoms with E-state index >= 15 is 0 Å². The van der Waals surface area contributed by atoms with Crippen LogP contribution in [0.4, 0.5) is 5.69 Å². The first kappa shape index (κ1) is 33.2. The molecule has 11 nitrogen and oxygen atoms in total. The lowest BCUT2D eigenvalue weighted by atomic mass is 9.84. The van der Waals surface area contributed by atoms with Crippen molar-refractivity contribution in [2.45, 2.75) is 42.8 Å². The Morgan fingerprint density at radius 1 is 1.04 bits per heavy atom. The standard InChI is InChI=1S/C35H35N5O6S/c1-25-9-7-10-26(23-25)24-37-34(42)35(19-22-47(43,44)29-11-3-2-4-12-29)32(30-13-5-6-14-31(30)39-40-36)46-33(38-35)27-15-17-28(18-16-27)45-21-8-20-41/h2-7,9-18,23,32,41H,8,19-22,24H2,1H3,(H,37,42)/t32-,35-/m1/s1. The Bertz CT molecular complexity index is 1890. The molecule has 47 heavy (non-hydrogen) atoms. The largest absolute Gasteiger partial charge is 0.494 e. The molecule has 242 valence electrons. The number of ether oxygens (including phenoxy) is 2. The number of benzene rings is 4. The molecule has 5 rings (SSSR count). The molecule has 2 atom stereocenters. The van der Waals surface area contributed by atoms with E-state index in [1.54, 1.807) is 66.7 Å². The molecule has 0 aromatic heterocycles. The highest BCUT2D eigenvalue weighted by Gasteiger charge is 2.54. The topological polar surface area (TPSA) is 163 Å².